The Morgan fingerprint density at radius 2 is 1.47 bits per heavy atom. The third-order valence-corrected chi connectivity index (χ3v) is 8.40. The van der Waals surface area contributed by atoms with E-state index in [0.29, 0.717) is 48.2 Å². The number of rotatable bonds is 14. The van der Waals surface area contributed by atoms with Crippen molar-refractivity contribution in [2.75, 3.05) is 41.0 Å². The highest BCUT2D eigenvalue weighted by Gasteiger charge is 2.44. The fourth-order valence-corrected chi connectivity index (χ4v) is 5.69. The van der Waals surface area contributed by atoms with Crippen LogP contribution in [0, 0.1) is 0 Å². The zero-order valence-corrected chi connectivity index (χ0v) is 27.4. The van der Waals surface area contributed by atoms with Gasteiger partial charge in [0.25, 0.3) is 0 Å². The molecular weight excluding hydrogens is 594 g/mol. The van der Waals surface area contributed by atoms with Crippen LogP contribution in [0.15, 0.2) is 60.7 Å². The smallest absolute Gasteiger partial charge is 0.246 e. The summed E-state index contributed by atoms with van der Waals surface area (Å²) in [5, 5.41) is 3.54. The Balaban J connectivity index is 1.49. The number of carbonyl (C=O) groups is 3. The highest BCUT2D eigenvalue weighted by molar-refractivity contribution is 6.30. The second kappa shape index (κ2) is 15.7. The zero-order valence-electron chi connectivity index (χ0n) is 26.6. The van der Waals surface area contributed by atoms with Crippen LogP contribution in [-0.2, 0) is 27.2 Å². The average molecular weight is 636 g/mol. The summed E-state index contributed by atoms with van der Waals surface area (Å²) in [6.07, 6.45) is 2.64. The fourth-order valence-electron chi connectivity index (χ4n) is 5.56. The zero-order chi connectivity index (χ0) is 32.5. The first kappa shape index (κ1) is 33.6. The van der Waals surface area contributed by atoms with Crippen molar-refractivity contribution in [2.24, 2.45) is 0 Å². The fraction of sp³-hybridized carbons (Fsp3) is 0.400. The first-order valence-electron chi connectivity index (χ1n) is 15.2. The van der Waals surface area contributed by atoms with Gasteiger partial charge in [0.05, 0.1) is 21.3 Å². The van der Waals surface area contributed by atoms with Gasteiger partial charge in [-0.15, -0.1) is 0 Å². The van der Waals surface area contributed by atoms with E-state index in [4.69, 9.17) is 25.8 Å². The molecule has 9 nitrogen and oxygen atoms in total. The predicted octanol–water partition coefficient (Wildman–Crippen LogP) is 5.16. The van der Waals surface area contributed by atoms with Gasteiger partial charge in [0, 0.05) is 24.5 Å². The van der Waals surface area contributed by atoms with Crippen molar-refractivity contribution in [1.29, 1.82) is 0 Å². The molecule has 1 unspecified atom stereocenters. The second-order valence-corrected chi connectivity index (χ2v) is 11.5. The minimum Gasteiger partial charge on any atom is -0.493 e. The van der Waals surface area contributed by atoms with Gasteiger partial charge in [-0.3, -0.25) is 14.4 Å². The third kappa shape index (κ3) is 8.08. The molecule has 0 radical (unpaired) electrons. The standard InChI is InChI=1S/C35H42ClN3O6/c1-6-7-18-38-29(19-25-8-12-26(13-9-25)27-20-30(43-3)33(45-5)31(21-27)44-4)35(42)39(23(2)34(38)41)22-32(40)37-17-16-24-10-14-28(36)15-11-24/h8-15,20-21,23,29H,6-7,16-19,22H2,1-5H3,(H,37,40)/t23-,29?/m1/s1. The lowest BCUT2D eigenvalue weighted by atomic mass is 9.96. The van der Waals surface area contributed by atoms with Crippen LogP contribution in [0.25, 0.3) is 11.1 Å². The molecule has 1 fully saturated rings. The second-order valence-electron chi connectivity index (χ2n) is 11.1. The highest BCUT2D eigenvalue weighted by Crippen LogP contribution is 2.41. The molecule has 0 aromatic heterocycles. The number of hydrogen-bond acceptors (Lipinski definition) is 6. The van der Waals surface area contributed by atoms with E-state index in [1.807, 2.05) is 60.7 Å². The molecule has 45 heavy (non-hydrogen) atoms. The Kier molecular flexibility index (Phi) is 11.7. The molecule has 1 aliphatic heterocycles. The number of benzene rings is 3. The highest BCUT2D eigenvalue weighted by atomic mass is 35.5. The lowest BCUT2D eigenvalue weighted by Crippen LogP contribution is -2.65. The maximum atomic E-state index is 13.9. The van der Waals surface area contributed by atoms with E-state index in [-0.39, 0.29) is 24.3 Å². The van der Waals surface area contributed by atoms with Gasteiger partial charge in [0.2, 0.25) is 23.5 Å². The van der Waals surface area contributed by atoms with E-state index < -0.39 is 12.1 Å². The molecule has 2 atom stereocenters. The van der Waals surface area contributed by atoms with Gasteiger partial charge in [-0.25, -0.2) is 0 Å². The number of nitrogens with one attached hydrogen (secondary N) is 1. The Morgan fingerprint density at radius 1 is 0.844 bits per heavy atom. The summed E-state index contributed by atoms with van der Waals surface area (Å²) >= 11 is 5.96. The number of nitrogens with zero attached hydrogens (tertiary/aromatic N) is 2. The summed E-state index contributed by atoms with van der Waals surface area (Å²) in [4.78, 5) is 43.5. The number of methoxy groups -OCH3 is 3. The third-order valence-electron chi connectivity index (χ3n) is 8.15. The van der Waals surface area contributed by atoms with Crippen molar-refractivity contribution in [3.63, 3.8) is 0 Å². The van der Waals surface area contributed by atoms with Gasteiger partial charge in [-0.2, -0.15) is 0 Å². The Labute approximate surface area is 270 Å². The maximum absolute atomic E-state index is 13.9. The molecule has 0 bridgehead atoms. The van der Waals surface area contributed by atoms with E-state index in [0.717, 1.165) is 35.1 Å². The van der Waals surface area contributed by atoms with Crippen LogP contribution in [-0.4, -0.2) is 80.6 Å². The van der Waals surface area contributed by atoms with Crippen molar-refractivity contribution in [1.82, 2.24) is 15.1 Å². The molecule has 3 amide bonds. The van der Waals surface area contributed by atoms with E-state index in [9.17, 15) is 14.4 Å². The summed E-state index contributed by atoms with van der Waals surface area (Å²) < 4.78 is 16.5. The maximum Gasteiger partial charge on any atom is 0.246 e. The number of piperazine rings is 1. The van der Waals surface area contributed by atoms with Crippen molar-refractivity contribution in [3.05, 3.63) is 76.8 Å². The van der Waals surface area contributed by atoms with Crippen LogP contribution in [0.1, 0.15) is 37.8 Å². The molecule has 240 valence electrons. The first-order chi connectivity index (χ1) is 21.7. The molecule has 1 heterocycles. The molecule has 0 spiro atoms. The Bertz CT molecular complexity index is 1450. The normalized spacial score (nSPS) is 16.5. The summed E-state index contributed by atoms with van der Waals surface area (Å²) in [6.45, 7) is 4.47. The Hall–Kier alpha value is -4.24. The summed E-state index contributed by atoms with van der Waals surface area (Å²) in [5.74, 6) is 0.958. The van der Waals surface area contributed by atoms with Crippen LogP contribution in [0.5, 0.6) is 17.2 Å². The van der Waals surface area contributed by atoms with Crippen LogP contribution in [0.3, 0.4) is 0 Å². The van der Waals surface area contributed by atoms with Gasteiger partial charge < -0.3 is 29.3 Å². The lowest BCUT2D eigenvalue weighted by molar-refractivity contribution is -0.162. The van der Waals surface area contributed by atoms with E-state index in [2.05, 4.69) is 12.2 Å². The van der Waals surface area contributed by atoms with Gasteiger partial charge in [-0.05, 0) is 66.3 Å². The summed E-state index contributed by atoms with van der Waals surface area (Å²) in [7, 11) is 4.71. The lowest BCUT2D eigenvalue weighted by Gasteiger charge is -2.44. The van der Waals surface area contributed by atoms with E-state index in [1.54, 1.807) is 33.2 Å². The monoisotopic (exact) mass is 635 g/mol. The molecule has 1 aliphatic rings. The number of ether oxygens (including phenoxy) is 3. The molecule has 1 saturated heterocycles. The first-order valence-corrected chi connectivity index (χ1v) is 15.6. The van der Waals surface area contributed by atoms with Crippen LogP contribution in [0.4, 0.5) is 0 Å². The van der Waals surface area contributed by atoms with Crippen molar-refractivity contribution in [3.8, 4) is 28.4 Å². The van der Waals surface area contributed by atoms with Gasteiger partial charge >= 0.3 is 0 Å². The number of carbonyl (C=O) groups excluding carboxylic acids is 3. The van der Waals surface area contributed by atoms with Crippen LogP contribution in [0.2, 0.25) is 5.02 Å². The number of amides is 3. The van der Waals surface area contributed by atoms with Crippen molar-refractivity contribution in [2.45, 2.75) is 51.6 Å². The Morgan fingerprint density at radius 3 is 2.04 bits per heavy atom. The topological polar surface area (TPSA) is 97.4 Å². The predicted molar refractivity (Wildman–Crippen MR) is 175 cm³/mol. The van der Waals surface area contributed by atoms with Gasteiger partial charge in [0.1, 0.15) is 18.6 Å². The molecule has 4 rings (SSSR count). The molecule has 0 aliphatic carbocycles. The SMILES string of the molecule is CCCCN1C(=O)[C@@H](C)N(CC(=O)NCCc2ccc(Cl)cc2)C(=O)C1Cc1ccc(-c2cc(OC)c(OC)c(OC)c2)cc1. The number of unbranched alkanes of at least 4 members (excludes halogenated alkanes) is 1. The largest absolute Gasteiger partial charge is 0.493 e. The number of hydrogen-bond donors (Lipinski definition) is 1. The van der Waals surface area contributed by atoms with Crippen LogP contribution < -0.4 is 19.5 Å². The molecule has 0 saturated carbocycles. The quantitative estimate of drug-likeness (QED) is 0.263. The molecule has 3 aromatic rings. The van der Waals surface area contributed by atoms with E-state index >= 15 is 0 Å². The van der Waals surface area contributed by atoms with Gasteiger partial charge in [-0.1, -0.05) is 61.3 Å². The molecular formula is C35H42ClN3O6. The van der Waals surface area contributed by atoms with Crippen molar-refractivity contribution >= 4 is 29.3 Å². The van der Waals surface area contributed by atoms with Gasteiger partial charge in [0.15, 0.2) is 11.5 Å². The van der Waals surface area contributed by atoms with E-state index in [1.165, 1.54) is 4.90 Å². The number of halogens is 1. The molecule has 3 aromatic carbocycles. The summed E-state index contributed by atoms with van der Waals surface area (Å²) in [5.41, 5.74) is 3.75. The molecule has 10 heteroatoms. The minimum absolute atomic E-state index is 0.143. The summed E-state index contributed by atoms with van der Waals surface area (Å²) in [6, 6.07) is 17.6. The molecule has 1 N–H and O–H groups in total. The average Bonchev–Trinajstić information content (AvgIpc) is 3.05. The van der Waals surface area contributed by atoms with Crippen molar-refractivity contribution < 1.29 is 28.6 Å². The van der Waals surface area contributed by atoms with Crippen LogP contribution >= 0.6 is 11.6 Å². The minimum atomic E-state index is -0.727.